The highest BCUT2D eigenvalue weighted by molar-refractivity contribution is 7.13. The molecule has 0 unspecified atom stereocenters. The van der Waals surface area contributed by atoms with Gasteiger partial charge in [0.25, 0.3) is 5.69 Å². The van der Waals surface area contributed by atoms with E-state index in [2.05, 4.69) is 10.1 Å². The van der Waals surface area contributed by atoms with Crippen LogP contribution in [-0.4, -0.2) is 30.8 Å². The highest BCUT2D eigenvalue weighted by Gasteiger charge is 2.17. The van der Waals surface area contributed by atoms with Crippen LogP contribution >= 0.6 is 11.3 Å². The van der Waals surface area contributed by atoms with Gasteiger partial charge in [-0.15, -0.1) is 11.3 Å². The molecule has 3 heterocycles. The summed E-state index contributed by atoms with van der Waals surface area (Å²) >= 11 is 1.54. The molecule has 3 aromatic heterocycles. The molecule has 0 saturated carbocycles. The molecule has 8 nitrogen and oxygen atoms in total. The van der Waals surface area contributed by atoms with Crippen LogP contribution in [0.2, 0.25) is 0 Å². The second kappa shape index (κ2) is 8.10. The van der Waals surface area contributed by atoms with Crippen molar-refractivity contribution in [2.75, 3.05) is 0 Å². The molecule has 1 N–H and O–H groups in total. The molecule has 148 valence electrons. The Hall–Kier alpha value is -4.11. The van der Waals surface area contributed by atoms with E-state index in [0.29, 0.717) is 0 Å². The van der Waals surface area contributed by atoms with E-state index in [0.717, 1.165) is 34.1 Å². The van der Waals surface area contributed by atoms with Crippen molar-refractivity contribution >= 4 is 35.1 Å². The second-order valence-electron chi connectivity index (χ2n) is 6.21. The van der Waals surface area contributed by atoms with Crippen molar-refractivity contribution in [2.45, 2.75) is 0 Å². The lowest BCUT2D eigenvalue weighted by atomic mass is 10.1. The fraction of sp³-hybridized carbons (Fsp3) is 0. The highest BCUT2D eigenvalue weighted by Crippen LogP contribution is 2.29. The third kappa shape index (κ3) is 3.87. The Bertz CT molecular complexity index is 1250. The number of carboxylic acid groups (broad SMARTS) is 1. The van der Waals surface area contributed by atoms with Gasteiger partial charge >= 0.3 is 5.97 Å². The second-order valence-corrected chi connectivity index (χ2v) is 7.16. The standard InChI is InChI=1S/C21H14N4O4S/c26-21(27)17-11-16(25(28)29)12-22-18(17)9-8-14-13-24(15-5-2-1-3-6-15)23-20(14)19-7-4-10-30-19/h1-13H,(H,26,27). The summed E-state index contributed by atoms with van der Waals surface area (Å²) in [7, 11) is 0. The lowest BCUT2D eigenvalue weighted by molar-refractivity contribution is -0.385. The monoisotopic (exact) mass is 418 g/mol. The SMILES string of the molecule is O=C(O)c1cc([N+](=O)[O-])cnc1C=Cc1cn(-c2ccccc2)nc1-c1cccs1. The number of pyridine rings is 1. The van der Waals surface area contributed by atoms with Crippen molar-refractivity contribution in [3.63, 3.8) is 0 Å². The summed E-state index contributed by atoms with van der Waals surface area (Å²) in [4.78, 5) is 26.7. The summed E-state index contributed by atoms with van der Waals surface area (Å²) in [6.07, 6.45) is 6.12. The number of hydrogen-bond donors (Lipinski definition) is 1. The largest absolute Gasteiger partial charge is 0.478 e. The van der Waals surface area contributed by atoms with Crippen molar-refractivity contribution in [2.24, 2.45) is 0 Å². The molecule has 0 aliphatic rings. The molecule has 4 aromatic rings. The Morgan fingerprint density at radius 1 is 1.17 bits per heavy atom. The fourth-order valence-corrected chi connectivity index (χ4v) is 3.60. The van der Waals surface area contributed by atoms with Gasteiger partial charge in [-0.3, -0.25) is 10.1 Å². The minimum absolute atomic E-state index is 0.123. The lowest BCUT2D eigenvalue weighted by Gasteiger charge is -2.00. The van der Waals surface area contributed by atoms with Crippen LogP contribution in [0.1, 0.15) is 21.6 Å². The van der Waals surface area contributed by atoms with Crippen molar-refractivity contribution in [3.8, 4) is 16.3 Å². The Balaban J connectivity index is 1.78. The van der Waals surface area contributed by atoms with Crippen LogP contribution in [0.4, 0.5) is 5.69 Å². The van der Waals surface area contributed by atoms with E-state index in [9.17, 15) is 20.0 Å². The number of carboxylic acids is 1. The van der Waals surface area contributed by atoms with E-state index >= 15 is 0 Å². The number of benzene rings is 1. The summed E-state index contributed by atoms with van der Waals surface area (Å²) in [6.45, 7) is 0. The van der Waals surface area contributed by atoms with Gasteiger partial charge in [0.05, 0.1) is 26.7 Å². The van der Waals surface area contributed by atoms with Gasteiger partial charge < -0.3 is 5.11 Å². The quantitative estimate of drug-likeness (QED) is 0.356. The number of rotatable bonds is 6. The maximum absolute atomic E-state index is 11.5. The minimum Gasteiger partial charge on any atom is -0.478 e. The molecule has 9 heteroatoms. The topological polar surface area (TPSA) is 111 Å². The lowest BCUT2D eigenvalue weighted by Crippen LogP contribution is -2.03. The molecule has 0 bridgehead atoms. The van der Waals surface area contributed by atoms with E-state index in [4.69, 9.17) is 0 Å². The number of para-hydroxylation sites is 1. The van der Waals surface area contributed by atoms with Gasteiger partial charge in [0.15, 0.2) is 0 Å². The van der Waals surface area contributed by atoms with E-state index < -0.39 is 10.9 Å². The zero-order valence-corrected chi connectivity index (χ0v) is 16.2. The van der Waals surface area contributed by atoms with Crippen LogP contribution in [0.5, 0.6) is 0 Å². The van der Waals surface area contributed by atoms with Gasteiger partial charge in [-0.1, -0.05) is 24.3 Å². The third-order valence-electron chi connectivity index (χ3n) is 4.28. The normalized spacial score (nSPS) is 11.1. The van der Waals surface area contributed by atoms with E-state index in [1.54, 1.807) is 10.8 Å². The van der Waals surface area contributed by atoms with E-state index in [-0.39, 0.29) is 16.9 Å². The Morgan fingerprint density at radius 3 is 2.63 bits per heavy atom. The number of carbonyl (C=O) groups is 1. The Labute approximate surface area is 174 Å². The molecule has 0 saturated heterocycles. The first-order chi connectivity index (χ1) is 14.5. The zero-order chi connectivity index (χ0) is 21.1. The molecule has 0 aliphatic carbocycles. The zero-order valence-electron chi connectivity index (χ0n) is 15.4. The first-order valence-electron chi connectivity index (χ1n) is 8.77. The Kier molecular flexibility index (Phi) is 5.19. The molecule has 0 spiro atoms. The number of nitrogens with zero attached hydrogens (tertiary/aromatic N) is 4. The molecule has 0 amide bonds. The third-order valence-corrected chi connectivity index (χ3v) is 5.16. The van der Waals surface area contributed by atoms with Gasteiger partial charge in [0, 0.05) is 17.8 Å². The molecular weight excluding hydrogens is 404 g/mol. The van der Waals surface area contributed by atoms with Gasteiger partial charge in [-0.25, -0.2) is 14.5 Å². The summed E-state index contributed by atoms with van der Waals surface area (Å²) < 4.78 is 1.75. The van der Waals surface area contributed by atoms with Crippen LogP contribution < -0.4 is 0 Å². The van der Waals surface area contributed by atoms with Crippen LogP contribution in [-0.2, 0) is 0 Å². The maximum atomic E-state index is 11.5. The van der Waals surface area contributed by atoms with Gasteiger partial charge in [0.2, 0.25) is 0 Å². The summed E-state index contributed by atoms with van der Waals surface area (Å²) in [5, 5.41) is 27.0. The average molecular weight is 418 g/mol. The fourth-order valence-electron chi connectivity index (χ4n) is 2.86. The molecule has 0 atom stereocenters. The molecule has 0 aliphatic heterocycles. The average Bonchev–Trinajstić information content (AvgIpc) is 3.42. The molecular formula is C21H14N4O4S. The van der Waals surface area contributed by atoms with Crippen molar-refractivity contribution in [1.29, 1.82) is 0 Å². The molecule has 0 radical (unpaired) electrons. The first-order valence-corrected chi connectivity index (χ1v) is 9.65. The van der Waals surface area contributed by atoms with Crippen LogP contribution in [0.15, 0.2) is 66.3 Å². The minimum atomic E-state index is -1.29. The number of aromatic nitrogens is 3. The predicted octanol–water partition coefficient (Wildman–Crippen LogP) is 4.77. The molecule has 30 heavy (non-hydrogen) atoms. The van der Waals surface area contributed by atoms with E-state index in [1.165, 1.54) is 17.4 Å². The molecule has 1 aromatic carbocycles. The van der Waals surface area contributed by atoms with Crippen LogP contribution in [0, 0.1) is 10.1 Å². The summed E-state index contributed by atoms with van der Waals surface area (Å²) in [6, 6.07) is 14.5. The summed E-state index contributed by atoms with van der Waals surface area (Å²) in [5.74, 6) is -1.29. The number of aromatic carboxylic acids is 1. The maximum Gasteiger partial charge on any atom is 0.338 e. The highest BCUT2D eigenvalue weighted by atomic mass is 32.1. The number of thiophene rings is 1. The van der Waals surface area contributed by atoms with Gasteiger partial charge in [0.1, 0.15) is 11.9 Å². The van der Waals surface area contributed by atoms with E-state index in [1.807, 2.05) is 54.0 Å². The molecule has 4 rings (SSSR count). The van der Waals surface area contributed by atoms with Crippen molar-refractivity contribution in [1.82, 2.24) is 14.8 Å². The number of nitro groups is 1. The van der Waals surface area contributed by atoms with Crippen LogP contribution in [0.25, 0.3) is 28.4 Å². The smallest absolute Gasteiger partial charge is 0.338 e. The Morgan fingerprint density at radius 2 is 1.97 bits per heavy atom. The summed E-state index contributed by atoms with van der Waals surface area (Å²) in [5.41, 5.74) is 1.89. The van der Waals surface area contributed by atoms with Crippen LogP contribution in [0.3, 0.4) is 0 Å². The number of hydrogen-bond acceptors (Lipinski definition) is 6. The first kappa shape index (κ1) is 19.2. The van der Waals surface area contributed by atoms with Gasteiger partial charge in [-0.05, 0) is 35.7 Å². The van der Waals surface area contributed by atoms with Crippen molar-refractivity contribution in [3.05, 3.63) is 93.2 Å². The van der Waals surface area contributed by atoms with Gasteiger partial charge in [-0.2, -0.15) is 5.10 Å². The predicted molar refractivity (Wildman–Crippen MR) is 114 cm³/mol. The molecule has 0 fully saturated rings. The van der Waals surface area contributed by atoms with Crippen molar-refractivity contribution < 1.29 is 14.8 Å².